The summed E-state index contributed by atoms with van der Waals surface area (Å²) in [6.45, 7) is 6.54. The molecule has 0 aromatic carbocycles. The van der Waals surface area contributed by atoms with Crippen LogP contribution in [0.1, 0.15) is 38.1 Å². The summed E-state index contributed by atoms with van der Waals surface area (Å²) in [6.07, 6.45) is 1.52. The number of aliphatic hydroxyl groups excluding tert-OH is 1. The highest BCUT2D eigenvalue weighted by molar-refractivity contribution is 7.09. The summed E-state index contributed by atoms with van der Waals surface area (Å²) >= 11 is 1.51. The molecule has 2 heterocycles. The van der Waals surface area contributed by atoms with Crippen LogP contribution < -0.4 is 0 Å². The summed E-state index contributed by atoms with van der Waals surface area (Å²) in [5.74, 6) is -0.110. The van der Waals surface area contributed by atoms with Gasteiger partial charge in [0.2, 0.25) is 0 Å². The number of ether oxygens (including phenoxy) is 1. The molecule has 1 aliphatic rings. The Labute approximate surface area is 117 Å². The quantitative estimate of drug-likeness (QED) is 0.859. The molecule has 1 aromatic heterocycles. The summed E-state index contributed by atoms with van der Waals surface area (Å²) in [5, 5.41) is 12.8. The monoisotopic (exact) mass is 284 g/mol. The Balaban J connectivity index is 2.03. The number of piperidine rings is 1. The molecule has 1 amide bonds. The van der Waals surface area contributed by atoms with Gasteiger partial charge in [-0.25, -0.2) is 9.78 Å². The van der Waals surface area contributed by atoms with Gasteiger partial charge >= 0.3 is 6.09 Å². The van der Waals surface area contributed by atoms with Crippen molar-refractivity contribution in [2.45, 2.75) is 44.8 Å². The molecule has 1 aliphatic heterocycles. The Hall–Kier alpha value is -1.14. The number of likely N-dealkylation sites (tertiary alicyclic amines) is 1. The molecule has 19 heavy (non-hydrogen) atoms. The molecule has 1 N–H and O–H groups in total. The van der Waals surface area contributed by atoms with Crippen molar-refractivity contribution in [3.05, 3.63) is 16.6 Å². The van der Waals surface area contributed by atoms with Gasteiger partial charge in [-0.2, -0.15) is 0 Å². The van der Waals surface area contributed by atoms with Crippen LogP contribution in [-0.2, 0) is 4.74 Å². The van der Waals surface area contributed by atoms with E-state index in [9.17, 15) is 9.90 Å². The standard InChI is InChI=1S/C13H20N2O3S/c1-13(2,3)18-12(17)15-6-4-10(16)9(8-15)11-14-5-7-19-11/h5,7,9-10,16H,4,6,8H2,1-3H3/t9-,10-/m0/s1. The first kappa shape index (κ1) is 14.3. The number of amides is 1. The summed E-state index contributed by atoms with van der Waals surface area (Å²) in [5.41, 5.74) is -0.496. The molecule has 2 atom stereocenters. The van der Waals surface area contributed by atoms with Crippen LogP contribution in [0.4, 0.5) is 4.79 Å². The van der Waals surface area contributed by atoms with E-state index < -0.39 is 11.7 Å². The molecular weight excluding hydrogens is 264 g/mol. The van der Waals surface area contributed by atoms with Gasteiger partial charge in [-0.1, -0.05) is 0 Å². The molecule has 1 saturated heterocycles. The molecule has 1 aromatic rings. The van der Waals surface area contributed by atoms with Gasteiger partial charge in [0.05, 0.1) is 17.0 Å². The van der Waals surface area contributed by atoms with Crippen molar-refractivity contribution in [2.75, 3.05) is 13.1 Å². The van der Waals surface area contributed by atoms with Gasteiger partial charge in [0, 0.05) is 24.7 Å². The third kappa shape index (κ3) is 3.67. The Morgan fingerprint density at radius 3 is 2.89 bits per heavy atom. The molecule has 1 fully saturated rings. The van der Waals surface area contributed by atoms with Crippen LogP contribution >= 0.6 is 11.3 Å². The minimum atomic E-state index is -0.496. The van der Waals surface area contributed by atoms with Crippen molar-refractivity contribution in [2.24, 2.45) is 0 Å². The van der Waals surface area contributed by atoms with Gasteiger partial charge in [-0.15, -0.1) is 11.3 Å². The Kier molecular flexibility index (Phi) is 4.10. The smallest absolute Gasteiger partial charge is 0.410 e. The first-order valence-electron chi connectivity index (χ1n) is 6.42. The van der Waals surface area contributed by atoms with Gasteiger partial charge in [-0.05, 0) is 27.2 Å². The Morgan fingerprint density at radius 2 is 2.32 bits per heavy atom. The third-order valence-corrected chi connectivity index (χ3v) is 3.90. The average Bonchev–Trinajstić information content (AvgIpc) is 2.80. The van der Waals surface area contributed by atoms with Crippen molar-refractivity contribution >= 4 is 17.4 Å². The van der Waals surface area contributed by atoms with E-state index >= 15 is 0 Å². The topological polar surface area (TPSA) is 62.7 Å². The van der Waals surface area contributed by atoms with E-state index in [0.717, 1.165) is 5.01 Å². The SMILES string of the molecule is CC(C)(C)OC(=O)N1CC[C@H](O)[C@@H](c2nccs2)C1. The molecule has 5 nitrogen and oxygen atoms in total. The zero-order valence-electron chi connectivity index (χ0n) is 11.5. The van der Waals surface area contributed by atoms with Crippen LogP contribution in [0.3, 0.4) is 0 Å². The van der Waals surface area contributed by atoms with E-state index in [4.69, 9.17) is 4.74 Å². The van der Waals surface area contributed by atoms with E-state index in [0.29, 0.717) is 19.5 Å². The van der Waals surface area contributed by atoms with Crippen LogP contribution in [0.15, 0.2) is 11.6 Å². The first-order chi connectivity index (χ1) is 8.87. The largest absolute Gasteiger partial charge is 0.444 e. The maximum absolute atomic E-state index is 12.0. The number of carbonyl (C=O) groups excluding carboxylic acids is 1. The highest BCUT2D eigenvalue weighted by atomic mass is 32.1. The van der Waals surface area contributed by atoms with Gasteiger partial charge in [0.1, 0.15) is 5.60 Å². The number of aromatic nitrogens is 1. The Morgan fingerprint density at radius 1 is 1.58 bits per heavy atom. The molecule has 0 radical (unpaired) electrons. The summed E-state index contributed by atoms with van der Waals surface area (Å²) in [6, 6.07) is 0. The molecule has 0 aliphatic carbocycles. The molecule has 0 saturated carbocycles. The minimum Gasteiger partial charge on any atom is -0.444 e. The van der Waals surface area contributed by atoms with E-state index in [1.807, 2.05) is 26.2 Å². The average molecular weight is 284 g/mol. The maximum Gasteiger partial charge on any atom is 0.410 e. The van der Waals surface area contributed by atoms with Crippen LogP contribution in [0, 0.1) is 0 Å². The maximum atomic E-state index is 12.0. The number of hydrogen-bond acceptors (Lipinski definition) is 5. The zero-order valence-corrected chi connectivity index (χ0v) is 12.3. The van der Waals surface area contributed by atoms with Gasteiger partial charge in [0.15, 0.2) is 0 Å². The third-order valence-electron chi connectivity index (χ3n) is 3.00. The number of rotatable bonds is 1. The lowest BCUT2D eigenvalue weighted by molar-refractivity contribution is 0.00406. The summed E-state index contributed by atoms with van der Waals surface area (Å²) < 4.78 is 5.37. The Bertz CT molecular complexity index is 428. The van der Waals surface area contributed by atoms with Gasteiger partial charge in [0.25, 0.3) is 0 Å². The normalized spacial score (nSPS) is 24.3. The number of aliphatic hydroxyl groups is 1. The minimum absolute atomic E-state index is 0.110. The molecule has 6 heteroatoms. The fraction of sp³-hybridized carbons (Fsp3) is 0.692. The summed E-state index contributed by atoms with van der Waals surface area (Å²) in [4.78, 5) is 17.9. The second-order valence-electron chi connectivity index (χ2n) is 5.76. The number of carbonyl (C=O) groups is 1. The predicted octanol–water partition coefficient (Wildman–Crippen LogP) is 2.23. The van der Waals surface area contributed by atoms with Crippen LogP contribution in [0.2, 0.25) is 0 Å². The first-order valence-corrected chi connectivity index (χ1v) is 7.30. The van der Waals surface area contributed by atoms with Crippen molar-refractivity contribution in [1.29, 1.82) is 0 Å². The van der Waals surface area contributed by atoms with Crippen LogP contribution in [0.5, 0.6) is 0 Å². The lowest BCUT2D eigenvalue weighted by Gasteiger charge is -2.36. The van der Waals surface area contributed by atoms with Crippen molar-refractivity contribution in [3.63, 3.8) is 0 Å². The molecule has 0 unspecified atom stereocenters. The lowest BCUT2D eigenvalue weighted by atomic mass is 9.95. The van der Waals surface area contributed by atoms with Crippen molar-refractivity contribution < 1.29 is 14.6 Å². The highest BCUT2D eigenvalue weighted by Crippen LogP contribution is 2.29. The van der Waals surface area contributed by atoms with Gasteiger partial charge in [-0.3, -0.25) is 0 Å². The highest BCUT2D eigenvalue weighted by Gasteiger charge is 2.34. The molecular formula is C13H20N2O3S. The number of thiazole rings is 1. The second kappa shape index (κ2) is 5.46. The lowest BCUT2D eigenvalue weighted by Crippen LogP contribution is -2.46. The molecule has 106 valence electrons. The second-order valence-corrected chi connectivity index (χ2v) is 6.69. The summed E-state index contributed by atoms with van der Waals surface area (Å²) in [7, 11) is 0. The zero-order chi connectivity index (χ0) is 14.0. The van der Waals surface area contributed by atoms with Crippen molar-refractivity contribution in [3.8, 4) is 0 Å². The predicted molar refractivity (Wildman–Crippen MR) is 73.3 cm³/mol. The van der Waals surface area contributed by atoms with Gasteiger partial charge < -0.3 is 14.7 Å². The fourth-order valence-corrected chi connectivity index (χ4v) is 2.88. The number of nitrogens with zero attached hydrogens (tertiary/aromatic N) is 2. The molecule has 2 rings (SSSR count). The fourth-order valence-electron chi connectivity index (χ4n) is 2.09. The molecule has 0 spiro atoms. The van der Waals surface area contributed by atoms with E-state index in [1.54, 1.807) is 11.1 Å². The van der Waals surface area contributed by atoms with E-state index in [1.165, 1.54) is 11.3 Å². The number of hydrogen-bond donors (Lipinski definition) is 1. The van der Waals surface area contributed by atoms with Crippen LogP contribution in [0.25, 0.3) is 0 Å². The van der Waals surface area contributed by atoms with E-state index in [2.05, 4.69) is 4.98 Å². The van der Waals surface area contributed by atoms with Crippen molar-refractivity contribution in [1.82, 2.24) is 9.88 Å². The van der Waals surface area contributed by atoms with E-state index in [-0.39, 0.29) is 12.0 Å². The molecule has 0 bridgehead atoms. The van der Waals surface area contributed by atoms with Crippen LogP contribution in [-0.4, -0.2) is 45.9 Å².